The van der Waals surface area contributed by atoms with Gasteiger partial charge in [0.25, 0.3) is 0 Å². The average molecular weight is 278 g/mol. The van der Waals surface area contributed by atoms with E-state index in [1.165, 1.54) is 0 Å². The van der Waals surface area contributed by atoms with Crippen molar-refractivity contribution in [2.24, 2.45) is 10.9 Å². The summed E-state index contributed by atoms with van der Waals surface area (Å²) in [7, 11) is 0. The van der Waals surface area contributed by atoms with Crippen LogP contribution in [0.25, 0.3) is 21.9 Å². The van der Waals surface area contributed by atoms with Gasteiger partial charge in [-0.25, -0.2) is 4.98 Å². The second-order valence-electron chi connectivity index (χ2n) is 4.67. The van der Waals surface area contributed by atoms with Crippen molar-refractivity contribution in [3.8, 4) is 11.1 Å². The lowest BCUT2D eigenvalue weighted by Crippen LogP contribution is -2.12. The van der Waals surface area contributed by atoms with Gasteiger partial charge in [-0.05, 0) is 10.9 Å². The van der Waals surface area contributed by atoms with E-state index in [0.29, 0.717) is 11.4 Å². The van der Waals surface area contributed by atoms with Gasteiger partial charge in [0.1, 0.15) is 5.82 Å². The average Bonchev–Trinajstić information content (AvgIpc) is 2.54. The summed E-state index contributed by atoms with van der Waals surface area (Å²) in [4.78, 5) is 4.25. The molecule has 0 amide bonds. The molecule has 1 heterocycles. The molecule has 5 N–H and O–H groups in total. The van der Waals surface area contributed by atoms with Crippen LogP contribution in [0, 0.1) is 0 Å². The number of oxime groups is 1. The molecule has 5 nitrogen and oxygen atoms in total. The SMILES string of the molecule is N/C(=N/O)c1ccc(-c2c(N)ncc3ccccc23)cc1. The number of anilines is 1. The van der Waals surface area contributed by atoms with Crippen LogP contribution in [0.2, 0.25) is 0 Å². The van der Waals surface area contributed by atoms with Crippen LogP contribution >= 0.6 is 0 Å². The minimum absolute atomic E-state index is 0.0746. The fraction of sp³-hybridized carbons (Fsp3) is 0. The number of rotatable bonds is 2. The Kier molecular flexibility index (Phi) is 3.16. The summed E-state index contributed by atoms with van der Waals surface area (Å²) < 4.78 is 0. The van der Waals surface area contributed by atoms with Crippen LogP contribution in [0.5, 0.6) is 0 Å². The summed E-state index contributed by atoms with van der Waals surface area (Å²) >= 11 is 0. The molecule has 0 spiro atoms. The summed E-state index contributed by atoms with van der Waals surface area (Å²) in [5.41, 5.74) is 14.1. The molecule has 2 aromatic carbocycles. The normalized spacial score (nSPS) is 11.7. The molecule has 3 aromatic rings. The Morgan fingerprint density at radius 1 is 1.05 bits per heavy atom. The predicted molar refractivity (Wildman–Crippen MR) is 84.1 cm³/mol. The highest BCUT2D eigenvalue weighted by molar-refractivity contribution is 6.02. The minimum Gasteiger partial charge on any atom is -0.409 e. The predicted octanol–water partition coefficient (Wildman–Crippen LogP) is 2.58. The Bertz CT molecular complexity index is 825. The minimum atomic E-state index is 0.0746. The Balaban J connectivity index is 2.18. The van der Waals surface area contributed by atoms with Gasteiger partial charge in [0.2, 0.25) is 0 Å². The molecule has 0 aliphatic heterocycles. The zero-order valence-corrected chi connectivity index (χ0v) is 11.2. The van der Waals surface area contributed by atoms with Crippen molar-refractivity contribution < 1.29 is 5.21 Å². The summed E-state index contributed by atoms with van der Waals surface area (Å²) in [5.74, 6) is 0.552. The van der Waals surface area contributed by atoms with Gasteiger partial charge in [0.15, 0.2) is 5.84 Å². The number of nitrogen functional groups attached to an aromatic ring is 1. The number of nitrogens with zero attached hydrogens (tertiary/aromatic N) is 2. The van der Waals surface area contributed by atoms with Crippen molar-refractivity contribution in [2.75, 3.05) is 5.73 Å². The van der Waals surface area contributed by atoms with E-state index >= 15 is 0 Å². The Labute approximate surface area is 121 Å². The van der Waals surface area contributed by atoms with E-state index in [-0.39, 0.29) is 5.84 Å². The summed E-state index contributed by atoms with van der Waals surface area (Å²) in [5, 5.41) is 13.8. The number of nitrogens with two attached hydrogens (primary N) is 2. The molecule has 3 rings (SSSR count). The van der Waals surface area contributed by atoms with Crippen LogP contribution in [0.4, 0.5) is 5.82 Å². The first-order valence-corrected chi connectivity index (χ1v) is 6.42. The summed E-state index contributed by atoms with van der Waals surface area (Å²) in [6.07, 6.45) is 1.76. The van der Waals surface area contributed by atoms with E-state index < -0.39 is 0 Å². The lowest BCUT2D eigenvalue weighted by Gasteiger charge is -2.10. The maximum absolute atomic E-state index is 8.69. The van der Waals surface area contributed by atoms with Gasteiger partial charge >= 0.3 is 0 Å². The maximum atomic E-state index is 8.69. The molecule has 0 saturated carbocycles. The molecule has 0 bridgehead atoms. The molecule has 5 heteroatoms. The van der Waals surface area contributed by atoms with Crippen molar-refractivity contribution in [1.29, 1.82) is 0 Å². The van der Waals surface area contributed by atoms with Crippen molar-refractivity contribution in [3.05, 3.63) is 60.3 Å². The zero-order valence-electron chi connectivity index (χ0n) is 11.2. The first kappa shape index (κ1) is 12.9. The molecule has 0 aliphatic carbocycles. The first-order chi connectivity index (χ1) is 10.2. The largest absolute Gasteiger partial charge is 0.409 e. The molecule has 1 aromatic heterocycles. The molecular weight excluding hydrogens is 264 g/mol. The third kappa shape index (κ3) is 2.25. The lowest BCUT2D eigenvalue weighted by atomic mass is 9.99. The van der Waals surface area contributed by atoms with Gasteiger partial charge < -0.3 is 16.7 Å². The molecule has 0 aliphatic rings. The monoisotopic (exact) mass is 278 g/mol. The van der Waals surface area contributed by atoms with Gasteiger partial charge in [-0.2, -0.15) is 0 Å². The van der Waals surface area contributed by atoms with Crippen molar-refractivity contribution in [2.45, 2.75) is 0 Å². The van der Waals surface area contributed by atoms with Crippen LogP contribution in [-0.4, -0.2) is 16.0 Å². The van der Waals surface area contributed by atoms with Crippen LogP contribution in [0.15, 0.2) is 59.9 Å². The van der Waals surface area contributed by atoms with E-state index in [1.54, 1.807) is 18.3 Å². The maximum Gasteiger partial charge on any atom is 0.170 e. The van der Waals surface area contributed by atoms with E-state index in [4.69, 9.17) is 16.7 Å². The van der Waals surface area contributed by atoms with Gasteiger partial charge in [-0.15, -0.1) is 0 Å². The molecule has 0 saturated heterocycles. The van der Waals surface area contributed by atoms with Gasteiger partial charge in [-0.1, -0.05) is 53.7 Å². The molecular formula is C16H14N4O. The second kappa shape index (κ2) is 5.13. The van der Waals surface area contributed by atoms with Crippen molar-refractivity contribution in [1.82, 2.24) is 4.98 Å². The summed E-state index contributed by atoms with van der Waals surface area (Å²) in [6.45, 7) is 0. The van der Waals surface area contributed by atoms with Crippen molar-refractivity contribution >= 4 is 22.4 Å². The standard InChI is InChI=1S/C16H14N4O/c17-15(20-21)11-7-5-10(6-8-11)14-13-4-2-1-3-12(13)9-19-16(14)18/h1-9,21H,(H2,17,20)(H2,18,19). The topological polar surface area (TPSA) is 97.5 Å². The highest BCUT2D eigenvalue weighted by Crippen LogP contribution is 2.32. The van der Waals surface area contributed by atoms with E-state index in [2.05, 4.69) is 10.1 Å². The number of hydrogen-bond donors (Lipinski definition) is 3. The van der Waals surface area contributed by atoms with Gasteiger partial charge in [0, 0.05) is 22.7 Å². The van der Waals surface area contributed by atoms with E-state index in [0.717, 1.165) is 21.9 Å². The number of aromatic nitrogens is 1. The summed E-state index contributed by atoms with van der Waals surface area (Å²) in [6, 6.07) is 15.3. The molecule has 0 unspecified atom stereocenters. The molecule has 0 atom stereocenters. The number of amidine groups is 1. The zero-order chi connectivity index (χ0) is 14.8. The van der Waals surface area contributed by atoms with E-state index in [1.807, 2.05) is 36.4 Å². The smallest absolute Gasteiger partial charge is 0.170 e. The molecule has 104 valence electrons. The quantitative estimate of drug-likeness (QED) is 0.290. The van der Waals surface area contributed by atoms with Crippen LogP contribution < -0.4 is 11.5 Å². The second-order valence-corrected chi connectivity index (χ2v) is 4.67. The fourth-order valence-corrected chi connectivity index (χ4v) is 2.35. The molecule has 0 radical (unpaired) electrons. The highest BCUT2D eigenvalue weighted by atomic mass is 16.4. The number of pyridine rings is 1. The lowest BCUT2D eigenvalue weighted by molar-refractivity contribution is 0.318. The number of fused-ring (bicyclic) bond motifs is 1. The van der Waals surface area contributed by atoms with Gasteiger partial charge in [0.05, 0.1) is 0 Å². The first-order valence-electron chi connectivity index (χ1n) is 6.42. The van der Waals surface area contributed by atoms with Crippen LogP contribution in [0.3, 0.4) is 0 Å². The van der Waals surface area contributed by atoms with Crippen molar-refractivity contribution in [3.63, 3.8) is 0 Å². The highest BCUT2D eigenvalue weighted by Gasteiger charge is 2.09. The molecule has 0 fully saturated rings. The number of benzene rings is 2. The Morgan fingerprint density at radius 3 is 2.48 bits per heavy atom. The van der Waals surface area contributed by atoms with E-state index in [9.17, 15) is 0 Å². The third-order valence-corrected chi connectivity index (χ3v) is 3.41. The molecule has 21 heavy (non-hydrogen) atoms. The Morgan fingerprint density at radius 2 is 1.76 bits per heavy atom. The van der Waals surface area contributed by atoms with Gasteiger partial charge in [-0.3, -0.25) is 0 Å². The number of hydrogen-bond acceptors (Lipinski definition) is 4. The van der Waals surface area contributed by atoms with Crippen LogP contribution in [0.1, 0.15) is 5.56 Å². The fourth-order valence-electron chi connectivity index (χ4n) is 2.35. The third-order valence-electron chi connectivity index (χ3n) is 3.41. The van der Waals surface area contributed by atoms with Crippen LogP contribution in [-0.2, 0) is 0 Å². The Hall–Kier alpha value is -3.08.